The van der Waals surface area contributed by atoms with E-state index in [0.717, 1.165) is 25.7 Å². The number of carbonyl (C=O) groups is 1. The molecule has 7 nitrogen and oxygen atoms in total. The average Bonchev–Trinajstić information content (AvgIpc) is 3.26. The third kappa shape index (κ3) is 5.34. The number of alkyl halides is 3. The number of amides is 1. The molecule has 2 aromatic rings. The Morgan fingerprint density at radius 3 is 2.59 bits per heavy atom. The number of thioether (sulfide) groups is 1. The Morgan fingerprint density at radius 1 is 1.30 bits per heavy atom. The summed E-state index contributed by atoms with van der Waals surface area (Å²) in [5.74, 6) is -0.423. The fourth-order valence-corrected chi connectivity index (χ4v) is 3.62. The van der Waals surface area contributed by atoms with Gasteiger partial charge < -0.3 is 10.1 Å². The van der Waals surface area contributed by atoms with Crippen LogP contribution in [0.25, 0.3) is 5.69 Å². The Bertz CT molecular complexity index is 775. The van der Waals surface area contributed by atoms with E-state index in [0.29, 0.717) is 10.8 Å². The van der Waals surface area contributed by atoms with E-state index in [4.69, 9.17) is 0 Å². The molecule has 146 valence electrons. The van der Waals surface area contributed by atoms with E-state index in [1.165, 1.54) is 40.7 Å². The molecule has 1 aliphatic rings. The molecule has 1 N–H and O–H groups in total. The number of carbonyl (C=O) groups excluding carboxylic acids is 1. The molecule has 1 aromatic heterocycles. The summed E-state index contributed by atoms with van der Waals surface area (Å²) >= 11 is 1.18. The van der Waals surface area contributed by atoms with Crippen molar-refractivity contribution in [1.29, 1.82) is 0 Å². The van der Waals surface area contributed by atoms with E-state index in [1.807, 2.05) is 0 Å². The standard InChI is InChI=1S/C16H18F3N5O2S/c1-10(14(25)20-11-4-2-3-5-11)27-15-21-22-23-24(15)12-6-8-13(9-7-12)26-16(17,18)19/h6-11H,2-5H2,1H3,(H,20,25)/t10-/m0/s1. The van der Waals surface area contributed by atoms with Crippen molar-refractivity contribution >= 4 is 17.7 Å². The first-order valence-electron chi connectivity index (χ1n) is 8.43. The monoisotopic (exact) mass is 401 g/mol. The quantitative estimate of drug-likeness (QED) is 0.749. The van der Waals surface area contributed by atoms with Crippen molar-refractivity contribution in [2.45, 2.75) is 55.4 Å². The van der Waals surface area contributed by atoms with Crippen LogP contribution in [0, 0.1) is 0 Å². The maximum atomic E-state index is 12.3. The minimum atomic E-state index is -4.75. The van der Waals surface area contributed by atoms with E-state index in [1.54, 1.807) is 6.92 Å². The van der Waals surface area contributed by atoms with Crippen molar-refractivity contribution in [1.82, 2.24) is 25.5 Å². The second-order valence-corrected chi connectivity index (χ2v) is 7.47. The Balaban J connectivity index is 1.65. The fraction of sp³-hybridized carbons (Fsp3) is 0.500. The molecule has 11 heteroatoms. The van der Waals surface area contributed by atoms with Crippen LogP contribution in [-0.4, -0.2) is 43.8 Å². The summed E-state index contributed by atoms with van der Waals surface area (Å²) in [7, 11) is 0. The lowest BCUT2D eigenvalue weighted by Gasteiger charge is -2.16. The molecular formula is C16H18F3N5O2S. The van der Waals surface area contributed by atoms with Crippen molar-refractivity contribution in [3.63, 3.8) is 0 Å². The van der Waals surface area contributed by atoms with Gasteiger partial charge in [-0.25, -0.2) is 0 Å². The van der Waals surface area contributed by atoms with Crippen LogP contribution < -0.4 is 10.1 Å². The second kappa shape index (κ2) is 8.15. The first-order chi connectivity index (χ1) is 12.8. The SMILES string of the molecule is C[C@H](Sc1nnnn1-c1ccc(OC(F)(F)F)cc1)C(=O)NC1CCCC1. The summed E-state index contributed by atoms with van der Waals surface area (Å²) in [5.41, 5.74) is 0.459. The number of nitrogens with one attached hydrogen (secondary N) is 1. The van der Waals surface area contributed by atoms with E-state index in [9.17, 15) is 18.0 Å². The van der Waals surface area contributed by atoms with Crippen molar-refractivity contribution < 1.29 is 22.7 Å². The van der Waals surface area contributed by atoms with Gasteiger partial charge in [0.15, 0.2) is 0 Å². The van der Waals surface area contributed by atoms with Crippen LogP contribution >= 0.6 is 11.8 Å². The maximum absolute atomic E-state index is 12.3. The summed E-state index contributed by atoms with van der Waals surface area (Å²) in [4.78, 5) is 12.3. The van der Waals surface area contributed by atoms with Crippen LogP contribution in [0.4, 0.5) is 13.2 Å². The van der Waals surface area contributed by atoms with Crippen molar-refractivity contribution in [2.24, 2.45) is 0 Å². The molecule has 0 saturated heterocycles. The lowest BCUT2D eigenvalue weighted by molar-refractivity contribution is -0.274. The third-order valence-corrected chi connectivity index (χ3v) is 5.14. The zero-order valence-corrected chi connectivity index (χ0v) is 15.3. The van der Waals surface area contributed by atoms with E-state index in [2.05, 4.69) is 25.6 Å². The highest BCUT2D eigenvalue weighted by molar-refractivity contribution is 8.00. The van der Waals surface area contributed by atoms with Crippen LogP contribution in [0.15, 0.2) is 29.4 Å². The van der Waals surface area contributed by atoms with E-state index < -0.39 is 11.6 Å². The summed E-state index contributed by atoms with van der Waals surface area (Å²) < 4.78 is 41.9. The number of rotatable bonds is 6. The molecule has 0 aliphatic heterocycles. The lowest BCUT2D eigenvalue weighted by atomic mass is 10.2. The summed E-state index contributed by atoms with van der Waals surface area (Å²) in [5, 5.41) is 14.3. The molecule has 0 spiro atoms. The molecule has 0 bridgehead atoms. The van der Waals surface area contributed by atoms with Gasteiger partial charge in [-0.15, -0.1) is 18.3 Å². The normalized spacial score (nSPS) is 16.3. The zero-order valence-electron chi connectivity index (χ0n) is 14.4. The predicted molar refractivity (Wildman–Crippen MR) is 91.6 cm³/mol. The Kier molecular flexibility index (Phi) is 5.88. The molecule has 3 rings (SSSR count). The molecule has 1 heterocycles. The first-order valence-corrected chi connectivity index (χ1v) is 9.31. The number of benzene rings is 1. The van der Waals surface area contributed by atoms with Crippen LogP contribution in [0.5, 0.6) is 5.75 Å². The highest BCUT2D eigenvalue weighted by Crippen LogP contribution is 2.27. The highest BCUT2D eigenvalue weighted by Gasteiger charge is 2.31. The Hall–Kier alpha value is -2.30. The summed E-state index contributed by atoms with van der Waals surface area (Å²) in [6.07, 6.45) is -0.516. The molecular weight excluding hydrogens is 383 g/mol. The summed E-state index contributed by atoms with van der Waals surface area (Å²) in [6.45, 7) is 1.76. The van der Waals surface area contributed by atoms with Gasteiger partial charge in [0.05, 0.1) is 10.9 Å². The minimum absolute atomic E-state index is 0.0876. The number of ether oxygens (including phenoxy) is 1. The number of tetrazole rings is 1. The van der Waals surface area contributed by atoms with Crippen LogP contribution in [0.3, 0.4) is 0 Å². The predicted octanol–water partition coefficient (Wildman–Crippen LogP) is 3.10. The van der Waals surface area contributed by atoms with E-state index in [-0.39, 0.29) is 17.7 Å². The molecule has 1 atom stereocenters. The van der Waals surface area contributed by atoms with Gasteiger partial charge in [0, 0.05) is 6.04 Å². The summed E-state index contributed by atoms with van der Waals surface area (Å²) in [6, 6.07) is 5.39. The Labute approximate surface area is 157 Å². The molecule has 1 aliphatic carbocycles. The molecule has 0 unspecified atom stereocenters. The van der Waals surface area contributed by atoms with Gasteiger partial charge in [-0.05, 0) is 54.5 Å². The van der Waals surface area contributed by atoms with Crippen LogP contribution in [-0.2, 0) is 4.79 Å². The third-order valence-electron chi connectivity index (χ3n) is 4.11. The molecule has 1 aromatic carbocycles. The Morgan fingerprint density at radius 2 is 1.96 bits per heavy atom. The van der Waals surface area contributed by atoms with Gasteiger partial charge in [0.1, 0.15) is 5.75 Å². The van der Waals surface area contributed by atoms with E-state index >= 15 is 0 Å². The van der Waals surface area contributed by atoms with Crippen molar-refractivity contribution in [2.75, 3.05) is 0 Å². The van der Waals surface area contributed by atoms with Crippen LogP contribution in [0.2, 0.25) is 0 Å². The van der Waals surface area contributed by atoms with Gasteiger partial charge in [-0.3, -0.25) is 4.79 Å². The molecule has 27 heavy (non-hydrogen) atoms. The number of hydrogen-bond donors (Lipinski definition) is 1. The lowest BCUT2D eigenvalue weighted by Crippen LogP contribution is -2.37. The maximum Gasteiger partial charge on any atom is 0.573 e. The van der Waals surface area contributed by atoms with Gasteiger partial charge in [-0.2, -0.15) is 4.68 Å². The average molecular weight is 401 g/mol. The van der Waals surface area contributed by atoms with Crippen molar-refractivity contribution in [3.8, 4) is 11.4 Å². The smallest absolute Gasteiger partial charge is 0.406 e. The number of nitrogens with zero attached hydrogens (tertiary/aromatic N) is 4. The minimum Gasteiger partial charge on any atom is -0.406 e. The topological polar surface area (TPSA) is 81.9 Å². The fourth-order valence-electron chi connectivity index (χ4n) is 2.80. The molecule has 1 fully saturated rings. The largest absolute Gasteiger partial charge is 0.573 e. The highest BCUT2D eigenvalue weighted by atomic mass is 32.2. The number of aromatic nitrogens is 4. The van der Waals surface area contributed by atoms with Gasteiger partial charge in [0.2, 0.25) is 11.1 Å². The molecule has 1 saturated carbocycles. The van der Waals surface area contributed by atoms with Gasteiger partial charge in [0.25, 0.3) is 0 Å². The number of hydrogen-bond acceptors (Lipinski definition) is 6. The van der Waals surface area contributed by atoms with Crippen molar-refractivity contribution in [3.05, 3.63) is 24.3 Å². The van der Waals surface area contributed by atoms with Gasteiger partial charge in [-0.1, -0.05) is 24.6 Å². The van der Waals surface area contributed by atoms with Crippen LogP contribution in [0.1, 0.15) is 32.6 Å². The second-order valence-electron chi connectivity index (χ2n) is 6.17. The first kappa shape index (κ1) is 19.5. The molecule has 0 radical (unpaired) electrons. The molecule has 1 amide bonds. The van der Waals surface area contributed by atoms with Gasteiger partial charge >= 0.3 is 6.36 Å². The zero-order chi connectivity index (χ0) is 19.4. The number of halogens is 3.